The third-order valence-electron chi connectivity index (χ3n) is 7.20. The van der Waals surface area contributed by atoms with Crippen LogP contribution in [0.25, 0.3) is 0 Å². The number of nitrogens with zero attached hydrogens (tertiary/aromatic N) is 5. The van der Waals surface area contributed by atoms with E-state index in [1.807, 2.05) is 43.7 Å². The molecule has 0 bridgehead atoms. The fraction of sp³-hybridized carbons (Fsp3) is 0.633. The molecule has 0 radical (unpaired) electrons. The van der Waals surface area contributed by atoms with E-state index in [2.05, 4.69) is 20.2 Å². The fourth-order valence-electron chi connectivity index (χ4n) is 4.85. The van der Waals surface area contributed by atoms with E-state index < -0.39 is 0 Å². The van der Waals surface area contributed by atoms with E-state index >= 15 is 0 Å². The number of benzene rings is 1. The van der Waals surface area contributed by atoms with Crippen molar-refractivity contribution in [3.63, 3.8) is 0 Å². The Morgan fingerprint density at radius 1 is 1.13 bits per heavy atom. The van der Waals surface area contributed by atoms with Crippen LogP contribution in [0.15, 0.2) is 46.7 Å². The molecule has 1 N–H and O–H groups in total. The van der Waals surface area contributed by atoms with Crippen molar-refractivity contribution < 1.29 is 9.18 Å². The van der Waals surface area contributed by atoms with Crippen LogP contribution in [-0.4, -0.2) is 78.6 Å². The lowest BCUT2D eigenvalue weighted by Gasteiger charge is -2.36. The highest BCUT2D eigenvalue weighted by Gasteiger charge is 2.22. The summed E-state index contributed by atoms with van der Waals surface area (Å²) in [7, 11) is 0. The first kappa shape index (κ1) is 31.6. The van der Waals surface area contributed by atoms with Crippen LogP contribution < -0.4 is 5.32 Å². The summed E-state index contributed by atoms with van der Waals surface area (Å²) in [5.41, 5.74) is 0.549. The number of carbonyl (C=O) groups is 1. The monoisotopic (exact) mass is 528 g/mol. The van der Waals surface area contributed by atoms with Gasteiger partial charge in [-0.1, -0.05) is 64.2 Å². The molecule has 2 fully saturated rings. The first-order valence-corrected chi connectivity index (χ1v) is 14.4. The zero-order chi connectivity index (χ0) is 27.6. The Morgan fingerprint density at radius 2 is 1.84 bits per heavy atom. The van der Waals surface area contributed by atoms with Crippen molar-refractivity contribution in [2.45, 2.75) is 72.8 Å². The number of hydrogen-bond donors (Lipinski definition) is 1. The highest BCUT2D eigenvalue weighted by Crippen LogP contribution is 2.26. The Balaban J connectivity index is 0.00000247. The number of hydrogen-bond acceptors (Lipinski definition) is 5. The average molecular weight is 529 g/mol. The average Bonchev–Trinajstić information content (AvgIpc) is 2.96. The van der Waals surface area contributed by atoms with E-state index in [0.29, 0.717) is 18.1 Å². The van der Waals surface area contributed by atoms with Gasteiger partial charge in [0.05, 0.1) is 19.8 Å². The lowest BCUT2D eigenvalue weighted by Crippen LogP contribution is -2.51. The zero-order valence-electron chi connectivity index (χ0n) is 24.0. The van der Waals surface area contributed by atoms with Gasteiger partial charge in [0.2, 0.25) is 5.91 Å². The molecule has 7 nitrogen and oxygen atoms in total. The Morgan fingerprint density at radius 3 is 2.53 bits per heavy atom. The smallest absolute Gasteiger partial charge is 0.236 e. The van der Waals surface area contributed by atoms with Gasteiger partial charge in [-0.15, -0.1) is 0 Å². The highest BCUT2D eigenvalue weighted by molar-refractivity contribution is 5.81. The molecule has 0 atom stereocenters. The summed E-state index contributed by atoms with van der Waals surface area (Å²) < 4.78 is 13.9. The normalized spacial score (nSPS) is 17.6. The molecule has 1 aliphatic carbocycles. The summed E-state index contributed by atoms with van der Waals surface area (Å²) in [6.45, 7) is 13.3. The van der Waals surface area contributed by atoms with Crippen molar-refractivity contribution in [2.75, 3.05) is 45.9 Å². The maximum Gasteiger partial charge on any atom is 0.236 e. The van der Waals surface area contributed by atoms with E-state index in [-0.39, 0.29) is 24.8 Å². The van der Waals surface area contributed by atoms with Crippen molar-refractivity contribution in [3.05, 3.63) is 48.0 Å². The van der Waals surface area contributed by atoms with Gasteiger partial charge < -0.3 is 9.80 Å². The van der Waals surface area contributed by atoms with Crippen LogP contribution in [0.4, 0.5) is 4.39 Å². The first-order chi connectivity index (χ1) is 18.6. The third kappa shape index (κ3) is 11.4. The SMILES string of the molecule is CC.CC=N/C=C\N(CNCC(=O)N1CCN(CCC2CCCCC2)CC1)C(C)=NCc1ccccc1F. The molecule has 3 rings (SSSR count). The predicted molar refractivity (Wildman–Crippen MR) is 157 cm³/mol. The van der Waals surface area contributed by atoms with Gasteiger partial charge in [-0.05, 0) is 38.8 Å². The summed E-state index contributed by atoms with van der Waals surface area (Å²) in [5.74, 6) is 1.48. The lowest BCUT2D eigenvalue weighted by atomic mass is 9.87. The van der Waals surface area contributed by atoms with E-state index in [0.717, 1.165) is 38.6 Å². The van der Waals surface area contributed by atoms with Crippen LogP contribution >= 0.6 is 0 Å². The van der Waals surface area contributed by atoms with Gasteiger partial charge in [-0.25, -0.2) is 4.39 Å². The quantitative estimate of drug-likeness (QED) is 0.241. The van der Waals surface area contributed by atoms with Crippen LogP contribution in [0, 0.1) is 11.7 Å². The van der Waals surface area contributed by atoms with Crippen LogP contribution in [0.5, 0.6) is 0 Å². The molecule has 1 aromatic carbocycles. The fourth-order valence-corrected chi connectivity index (χ4v) is 4.85. The number of rotatable bonds is 11. The third-order valence-corrected chi connectivity index (χ3v) is 7.20. The molecule has 0 spiro atoms. The molecule has 2 aliphatic rings. The van der Waals surface area contributed by atoms with Crippen LogP contribution in [0.1, 0.15) is 71.8 Å². The summed E-state index contributed by atoms with van der Waals surface area (Å²) >= 11 is 0. The van der Waals surface area contributed by atoms with Crippen molar-refractivity contribution in [3.8, 4) is 0 Å². The number of aliphatic imine (C=N–C) groups is 2. The number of amidine groups is 1. The molecule has 212 valence electrons. The lowest BCUT2D eigenvalue weighted by molar-refractivity contribution is -0.132. The number of amides is 1. The standard InChI is InChI=1S/C28H43FN6O.C2H6/c1-3-30-14-16-35(24(2)32-21-26-11-7-8-12-27(26)29)23-31-22-28(36)34-19-17-33(18-20-34)15-13-25-9-5-4-6-10-25;1-2/h3,7-8,11-12,14,16,25,31H,4-6,9-10,13,15,17-23H2,1-2H3;1-2H3/b16-14-,30-3?,32-24?;. The van der Waals surface area contributed by atoms with Crippen LogP contribution in [-0.2, 0) is 11.3 Å². The number of nitrogens with one attached hydrogen (secondary N) is 1. The Bertz CT molecular complexity index is 888. The summed E-state index contributed by atoms with van der Waals surface area (Å²) in [6.07, 6.45) is 13.5. The number of carbonyl (C=O) groups excluding carboxylic acids is 1. The van der Waals surface area contributed by atoms with E-state index in [1.165, 1.54) is 44.6 Å². The summed E-state index contributed by atoms with van der Waals surface area (Å²) in [4.78, 5) is 27.8. The first-order valence-electron chi connectivity index (χ1n) is 14.4. The molecule has 1 saturated carbocycles. The van der Waals surface area contributed by atoms with Gasteiger partial charge >= 0.3 is 0 Å². The topological polar surface area (TPSA) is 63.5 Å². The van der Waals surface area contributed by atoms with E-state index in [9.17, 15) is 9.18 Å². The van der Waals surface area contributed by atoms with Crippen LogP contribution in [0.2, 0.25) is 0 Å². The summed E-state index contributed by atoms with van der Waals surface area (Å²) in [6, 6.07) is 6.66. The van der Waals surface area contributed by atoms with Crippen LogP contribution in [0.3, 0.4) is 0 Å². The molecule has 0 unspecified atom stereocenters. The molecule has 1 aromatic rings. The second kappa shape index (κ2) is 18.6. The molecule has 1 aliphatic heterocycles. The Kier molecular flexibility index (Phi) is 15.5. The predicted octanol–water partition coefficient (Wildman–Crippen LogP) is 5.30. The van der Waals surface area contributed by atoms with Gasteiger partial charge in [0.25, 0.3) is 0 Å². The molecule has 38 heavy (non-hydrogen) atoms. The molecular weight excluding hydrogens is 479 g/mol. The van der Waals surface area contributed by atoms with Gasteiger partial charge in [0.15, 0.2) is 0 Å². The molecule has 1 heterocycles. The van der Waals surface area contributed by atoms with Gasteiger partial charge in [-0.3, -0.25) is 25.0 Å². The van der Waals surface area contributed by atoms with E-state index in [4.69, 9.17) is 0 Å². The van der Waals surface area contributed by atoms with Crippen molar-refractivity contribution >= 4 is 18.0 Å². The van der Waals surface area contributed by atoms with Gasteiger partial charge in [-0.2, -0.15) is 0 Å². The Labute approximate surface area is 229 Å². The maximum atomic E-state index is 13.9. The largest absolute Gasteiger partial charge is 0.339 e. The highest BCUT2D eigenvalue weighted by atomic mass is 19.1. The minimum absolute atomic E-state index is 0.124. The minimum Gasteiger partial charge on any atom is -0.339 e. The van der Waals surface area contributed by atoms with Crippen molar-refractivity contribution in [2.24, 2.45) is 15.9 Å². The zero-order valence-corrected chi connectivity index (χ0v) is 24.0. The number of piperazine rings is 1. The van der Waals surface area contributed by atoms with Crippen molar-refractivity contribution in [1.82, 2.24) is 20.0 Å². The molecule has 1 amide bonds. The summed E-state index contributed by atoms with van der Waals surface area (Å²) in [5, 5.41) is 3.24. The van der Waals surface area contributed by atoms with Gasteiger partial charge in [0.1, 0.15) is 11.7 Å². The second-order valence-corrected chi connectivity index (χ2v) is 9.73. The molecular formula is C30H49FN6O. The number of halogens is 1. The Hall–Kier alpha value is -2.58. The molecule has 1 saturated heterocycles. The van der Waals surface area contributed by atoms with Crippen molar-refractivity contribution in [1.29, 1.82) is 0 Å². The maximum absolute atomic E-state index is 13.9. The second-order valence-electron chi connectivity index (χ2n) is 9.73. The van der Waals surface area contributed by atoms with E-state index in [1.54, 1.807) is 30.6 Å². The van der Waals surface area contributed by atoms with Gasteiger partial charge in [0, 0.05) is 50.4 Å². The minimum atomic E-state index is -0.260. The molecule has 8 heteroatoms. The molecule has 0 aromatic heterocycles.